The molecule has 2 amide bonds. The Balaban J connectivity index is 1.59. The molecule has 1 aliphatic heterocycles. The van der Waals surface area contributed by atoms with Crippen molar-refractivity contribution in [1.29, 1.82) is 0 Å². The van der Waals surface area contributed by atoms with Gasteiger partial charge in [0, 0.05) is 18.1 Å². The van der Waals surface area contributed by atoms with Crippen LogP contribution in [0.1, 0.15) is 36.4 Å². The van der Waals surface area contributed by atoms with E-state index in [2.05, 4.69) is 5.32 Å². The molecule has 0 radical (unpaired) electrons. The average molecular weight is 339 g/mol. The fraction of sp³-hybridized carbons (Fsp3) is 0.588. The fourth-order valence-corrected chi connectivity index (χ4v) is 3.75. The Hall–Kier alpha value is -1.30. The number of nitrogens with one attached hydrogen (secondary N) is 1. The highest BCUT2D eigenvalue weighted by Gasteiger charge is 2.29. The summed E-state index contributed by atoms with van der Waals surface area (Å²) in [6, 6.07) is 5.88. The second-order valence-corrected chi connectivity index (χ2v) is 6.56. The molecule has 0 bridgehead atoms. The van der Waals surface area contributed by atoms with Gasteiger partial charge in [-0.1, -0.05) is 23.7 Å². The van der Waals surface area contributed by atoms with Gasteiger partial charge >= 0.3 is 6.03 Å². The maximum absolute atomic E-state index is 12.5. The number of aliphatic hydroxyl groups is 1. The molecule has 0 saturated carbocycles. The number of ether oxygens (including phenoxy) is 1. The SMILES string of the molecule is O=C(N[C@H]1CCc2c(Cl)cccc21)N1CCC[C@H](OCCO)C1. The summed E-state index contributed by atoms with van der Waals surface area (Å²) in [6.07, 6.45) is 3.68. The van der Waals surface area contributed by atoms with Crippen molar-refractivity contribution < 1.29 is 14.6 Å². The number of hydrogen-bond acceptors (Lipinski definition) is 3. The molecule has 2 atom stereocenters. The molecule has 6 heteroatoms. The van der Waals surface area contributed by atoms with Crippen molar-refractivity contribution in [2.24, 2.45) is 0 Å². The Morgan fingerprint density at radius 2 is 2.30 bits per heavy atom. The molecule has 1 saturated heterocycles. The number of carbonyl (C=O) groups excluding carboxylic acids is 1. The van der Waals surface area contributed by atoms with Crippen LogP contribution in [-0.4, -0.2) is 48.4 Å². The van der Waals surface area contributed by atoms with Crippen LogP contribution in [0.5, 0.6) is 0 Å². The van der Waals surface area contributed by atoms with Gasteiger partial charge in [-0.05, 0) is 42.9 Å². The Morgan fingerprint density at radius 3 is 3.13 bits per heavy atom. The lowest BCUT2D eigenvalue weighted by atomic mass is 10.1. The molecule has 3 rings (SSSR count). The first-order chi connectivity index (χ1) is 11.2. The standard InChI is InChI=1S/C17H23ClN2O3/c18-15-5-1-4-14-13(15)6-7-16(14)19-17(22)20-8-2-3-12(11-20)23-10-9-21/h1,4-5,12,16,21H,2-3,6-11H2,(H,19,22)/t12-,16-/m0/s1. The van der Waals surface area contributed by atoms with E-state index in [-0.39, 0.29) is 24.8 Å². The van der Waals surface area contributed by atoms with Crippen LogP contribution in [0, 0.1) is 0 Å². The Bertz CT molecular complexity index is 567. The number of likely N-dealkylation sites (tertiary alicyclic amines) is 1. The van der Waals surface area contributed by atoms with Gasteiger partial charge in [0.15, 0.2) is 0 Å². The van der Waals surface area contributed by atoms with E-state index in [1.165, 1.54) is 0 Å². The third-order valence-corrected chi connectivity index (χ3v) is 4.98. The number of urea groups is 1. The number of carbonyl (C=O) groups is 1. The van der Waals surface area contributed by atoms with E-state index in [1.807, 2.05) is 23.1 Å². The molecule has 1 aliphatic carbocycles. The van der Waals surface area contributed by atoms with Gasteiger partial charge < -0.3 is 20.1 Å². The number of aliphatic hydroxyl groups excluding tert-OH is 1. The van der Waals surface area contributed by atoms with Crippen molar-refractivity contribution in [3.05, 3.63) is 34.3 Å². The highest BCUT2D eigenvalue weighted by molar-refractivity contribution is 6.31. The summed E-state index contributed by atoms with van der Waals surface area (Å²) in [5, 5.41) is 12.8. The van der Waals surface area contributed by atoms with Crippen molar-refractivity contribution in [2.75, 3.05) is 26.3 Å². The molecule has 0 unspecified atom stereocenters. The summed E-state index contributed by atoms with van der Waals surface area (Å²) in [5.74, 6) is 0. The first-order valence-corrected chi connectivity index (χ1v) is 8.62. The van der Waals surface area contributed by atoms with Crippen LogP contribution in [0.4, 0.5) is 4.79 Å². The molecule has 1 aromatic carbocycles. The molecule has 2 aliphatic rings. The van der Waals surface area contributed by atoms with Crippen LogP contribution in [0.25, 0.3) is 0 Å². The third kappa shape index (κ3) is 3.79. The van der Waals surface area contributed by atoms with E-state index < -0.39 is 0 Å². The van der Waals surface area contributed by atoms with E-state index in [4.69, 9.17) is 21.4 Å². The number of nitrogens with zero attached hydrogens (tertiary/aromatic N) is 1. The number of amides is 2. The van der Waals surface area contributed by atoms with E-state index >= 15 is 0 Å². The zero-order valence-corrected chi connectivity index (χ0v) is 13.9. The summed E-state index contributed by atoms with van der Waals surface area (Å²) in [4.78, 5) is 14.4. The molecule has 126 valence electrons. The highest BCUT2D eigenvalue weighted by atomic mass is 35.5. The number of halogens is 1. The molecule has 5 nitrogen and oxygen atoms in total. The average Bonchev–Trinajstić information content (AvgIpc) is 2.97. The molecular formula is C17H23ClN2O3. The van der Waals surface area contributed by atoms with Crippen molar-refractivity contribution >= 4 is 17.6 Å². The van der Waals surface area contributed by atoms with Crippen molar-refractivity contribution in [2.45, 2.75) is 37.8 Å². The second-order valence-electron chi connectivity index (χ2n) is 6.15. The normalized spacial score (nSPS) is 23.7. The lowest BCUT2D eigenvalue weighted by Crippen LogP contribution is -2.48. The van der Waals surface area contributed by atoms with Crippen molar-refractivity contribution in [3.8, 4) is 0 Å². The number of piperidine rings is 1. The topological polar surface area (TPSA) is 61.8 Å². The summed E-state index contributed by atoms with van der Waals surface area (Å²) in [6.45, 7) is 1.68. The predicted octanol–water partition coefficient (Wildman–Crippen LogP) is 2.51. The van der Waals surface area contributed by atoms with Crippen LogP contribution in [0.2, 0.25) is 5.02 Å². The van der Waals surface area contributed by atoms with Crippen LogP contribution >= 0.6 is 11.6 Å². The lowest BCUT2D eigenvalue weighted by molar-refractivity contribution is -0.00600. The van der Waals surface area contributed by atoms with E-state index in [0.29, 0.717) is 13.2 Å². The second kappa shape index (κ2) is 7.51. The largest absolute Gasteiger partial charge is 0.394 e. The zero-order valence-electron chi connectivity index (χ0n) is 13.1. The van der Waals surface area contributed by atoms with E-state index in [0.717, 1.165) is 48.4 Å². The third-order valence-electron chi connectivity index (χ3n) is 4.62. The smallest absolute Gasteiger partial charge is 0.317 e. The minimum atomic E-state index is -0.0416. The van der Waals surface area contributed by atoms with Crippen LogP contribution < -0.4 is 5.32 Å². The van der Waals surface area contributed by atoms with E-state index in [9.17, 15) is 4.79 Å². The monoisotopic (exact) mass is 338 g/mol. The summed E-state index contributed by atoms with van der Waals surface area (Å²) in [7, 11) is 0. The molecule has 0 spiro atoms. The minimum Gasteiger partial charge on any atom is -0.394 e. The van der Waals surface area contributed by atoms with Gasteiger partial charge in [-0.2, -0.15) is 0 Å². The zero-order chi connectivity index (χ0) is 16.2. The maximum atomic E-state index is 12.5. The van der Waals surface area contributed by atoms with Crippen molar-refractivity contribution in [1.82, 2.24) is 10.2 Å². The summed E-state index contributed by atoms with van der Waals surface area (Å²) < 4.78 is 5.57. The molecular weight excluding hydrogens is 316 g/mol. The fourth-order valence-electron chi connectivity index (χ4n) is 3.48. The summed E-state index contributed by atoms with van der Waals surface area (Å²) in [5.41, 5.74) is 2.29. The van der Waals surface area contributed by atoms with Crippen LogP contribution in [0.3, 0.4) is 0 Å². The van der Waals surface area contributed by atoms with Gasteiger partial charge in [0.2, 0.25) is 0 Å². The Labute approximate surface area is 141 Å². The molecule has 23 heavy (non-hydrogen) atoms. The number of hydrogen-bond donors (Lipinski definition) is 2. The van der Waals surface area contributed by atoms with Gasteiger partial charge in [-0.25, -0.2) is 4.79 Å². The van der Waals surface area contributed by atoms with Gasteiger partial charge in [0.25, 0.3) is 0 Å². The van der Waals surface area contributed by atoms with Crippen molar-refractivity contribution in [3.63, 3.8) is 0 Å². The van der Waals surface area contributed by atoms with Gasteiger partial charge in [-0.15, -0.1) is 0 Å². The van der Waals surface area contributed by atoms with Gasteiger partial charge in [-0.3, -0.25) is 0 Å². The quantitative estimate of drug-likeness (QED) is 0.886. The Kier molecular flexibility index (Phi) is 5.41. The number of rotatable bonds is 4. The van der Waals surface area contributed by atoms with E-state index in [1.54, 1.807) is 0 Å². The predicted molar refractivity (Wildman–Crippen MR) is 88.7 cm³/mol. The molecule has 2 N–H and O–H groups in total. The van der Waals surface area contributed by atoms with Gasteiger partial charge in [0.05, 0.1) is 25.4 Å². The molecule has 1 heterocycles. The lowest BCUT2D eigenvalue weighted by Gasteiger charge is -2.33. The minimum absolute atomic E-state index is 0.0162. The van der Waals surface area contributed by atoms with Crippen LogP contribution in [-0.2, 0) is 11.2 Å². The number of fused-ring (bicyclic) bond motifs is 1. The maximum Gasteiger partial charge on any atom is 0.317 e. The van der Waals surface area contributed by atoms with Crippen LogP contribution in [0.15, 0.2) is 18.2 Å². The number of benzene rings is 1. The first kappa shape index (κ1) is 16.6. The molecule has 1 fully saturated rings. The molecule has 1 aromatic rings. The first-order valence-electron chi connectivity index (χ1n) is 8.24. The highest BCUT2D eigenvalue weighted by Crippen LogP contribution is 2.35. The van der Waals surface area contributed by atoms with Gasteiger partial charge in [0.1, 0.15) is 0 Å². The molecule has 0 aromatic heterocycles. The summed E-state index contributed by atoms with van der Waals surface area (Å²) >= 11 is 6.23. The Morgan fingerprint density at radius 1 is 1.43 bits per heavy atom.